The first-order chi connectivity index (χ1) is 17.1. The molecule has 0 aromatic heterocycles. The number of hydrogen-bond donors (Lipinski definition) is 1. The minimum atomic E-state index is -0.692. The summed E-state index contributed by atoms with van der Waals surface area (Å²) in [5, 5.41) is 3.80. The molecule has 1 N–H and O–H groups in total. The van der Waals surface area contributed by atoms with Gasteiger partial charge in [-0.3, -0.25) is 24.1 Å². The Morgan fingerprint density at radius 1 is 1.03 bits per heavy atom. The maximum Gasteiger partial charge on any atom is 0.261 e. The lowest BCUT2D eigenvalue weighted by Gasteiger charge is -2.31. The van der Waals surface area contributed by atoms with Crippen LogP contribution in [-0.4, -0.2) is 52.6 Å². The predicted octanol–water partition coefficient (Wildman–Crippen LogP) is 4.95. The van der Waals surface area contributed by atoms with Crippen molar-refractivity contribution in [1.29, 1.82) is 0 Å². The largest absolute Gasteiger partial charge is 0.354 e. The molecule has 0 bridgehead atoms. The topological polar surface area (TPSA) is 86.8 Å². The summed E-state index contributed by atoms with van der Waals surface area (Å²) in [7, 11) is 0. The van der Waals surface area contributed by atoms with E-state index in [2.05, 4.69) is 5.32 Å². The molecule has 0 saturated carbocycles. The van der Waals surface area contributed by atoms with Crippen LogP contribution in [0, 0.1) is 5.92 Å². The number of benzene rings is 2. The molecule has 0 spiro atoms. The van der Waals surface area contributed by atoms with E-state index in [0.717, 1.165) is 0 Å². The molecule has 0 radical (unpaired) electrons. The van der Waals surface area contributed by atoms with Gasteiger partial charge in [0.1, 0.15) is 6.04 Å². The second-order valence-corrected chi connectivity index (χ2v) is 10.1. The Hall–Kier alpha value is -2.90. The van der Waals surface area contributed by atoms with Gasteiger partial charge in [-0.05, 0) is 48.6 Å². The van der Waals surface area contributed by atoms with Crippen molar-refractivity contribution in [3.8, 4) is 0 Å². The van der Waals surface area contributed by atoms with Crippen LogP contribution in [0.2, 0.25) is 10.0 Å². The van der Waals surface area contributed by atoms with Crippen LogP contribution in [0.1, 0.15) is 66.3 Å². The number of fused-ring (bicyclic) bond motifs is 1. The fraction of sp³-hybridized carbons (Fsp3) is 0.407. The van der Waals surface area contributed by atoms with Crippen LogP contribution < -0.4 is 5.32 Å². The quantitative estimate of drug-likeness (QED) is 0.415. The predicted molar refractivity (Wildman–Crippen MR) is 140 cm³/mol. The summed E-state index contributed by atoms with van der Waals surface area (Å²) in [5.41, 5.74) is 1.42. The van der Waals surface area contributed by atoms with Crippen molar-refractivity contribution in [1.82, 2.24) is 15.1 Å². The molecule has 1 unspecified atom stereocenters. The average Bonchev–Trinajstić information content (AvgIpc) is 3.08. The molecule has 0 saturated heterocycles. The summed E-state index contributed by atoms with van der Waals surface area (Å²) >= 11 is 12.4. The van der Waals surface area contributed by atoms with E-state index < -0.39 is 6.04 Å². The van der Waals surface area contributed by atoms with E-state index in [1.54, 1.807) is 42.5 Å². The van der Waals surface area contributed by atoms with E-state index in [1.165, 1.54) is 9.80 Å². The third-order valence-corrected chi connectivity index (χ3v) is 6.66. The molecule has 2 aromatic rings. The average molecular weight is 532 g/mol. The van der Waals surface area contributed by atoms with Gasteiger partial charge in [-0.25, -0.2) is 0 Å². The van der Waals surface area contributed by atoms with Gasteiger partial charge in [-0.15, -0.1) is 0 Å². The number of nitrogens with zero attached hydrogens (tertiary/aromatic N) is 2. The summed E-state index contributed by atoms with van der Waals surface area (Å²) in [4.78, 5) is 54.3. The van der Waals surface area contributed by atoms with E-state index >= 15 is 0 Å². The minimum absolute atomic E-state index is 0.0621. The summed E-state index contributed by atoms with van der Waals surface area (Å²) in [6, 6.07) is 11.0. The zero-order valence-corrected chi connectivity index (χ0v) is 22.2. The molecule has 7 nitrogen and oxygen atoms in total. The third kappa shape index (κ3) is 6.45. The number of hydrogen-bond acceptors (Lipinski definition) is 4. The number of rotatable bonds is 11. The third-order valence-electron chi connectivity index (χ3n) is 6.08. The molecule has 4 amide bonds. The lowest BCUT2D eigenvalue weighted by atomic mass is 10.1. The molecule has 9 heteroatoms. The Labute approximate surface area is 221 Å². The van der Waals surface area contributed by atoms with Crippen molar-refractivity contribution in [2.45, 2.75) is 52.6 Å². The fourth-order valence-corrected chi connectivity index (χ4v) is 4.62. The molecular weight excluding hydrogens is 501 g/mol. The Balaban J connectivity index is 1.73. The molecule has 1 aliphatic heterocycles. The molecular formula is C27H31Cl2N3O4. The molecule has 2 aromatic carbocycles. The Morgan fingerprint density at radius 2 is 1.67 bits per heavy atom. The first-order valence-corrected chi connectivity index (χ1v) is 12.9. The van der Waals surface area contributed by atoms with Crippen LogP contribution in [0.15, 0.2) is 42.5 Å². The highest BCUT2D eigenvalue weighted by Gasteiger charge is 2.35. The maximum absolute atomic E-state index is 13.4. The molecule has 0 aliphatic carbocycles. The molecule has 0 fully saturated rings. The van der Waals surface area contributed by atoms with Crippen LogP contribution in [0.5, 0.6) is 0 Å². The number of imide groups is 1. The fourth-order valence-electron chi connectivity index (χ4n) is 4.15. The van der Waals surface area contributed by atoms with Crippen molar-refractivity contribution in [2.75, 3.05) is 13.1 Å². The zero-order valence-electron chi connectivity index (χ0n) is 20.7. The van der Waals surface area contributed by atoms with Gasteiger partial charge < -0.3 is 10.2 Å². The van der Waals surface area contributed by atoms with Gasteiger partial charge in [0.05, 0.1) is 11.1 Å². The molecule has 192 valence electrons. The number of amides is 4. The molecule has 36 heavy (non-hydrogen) atoms. The minimum Gasteiger partial charge on any atom is -0.354 e. The van der Waals surface area contributed by atoms with Crippen LogP contribution in [0.25, 0.3) is 0 Å². The van der Waals surface area contributed by atoms with Crippen LogP contribution in [-0.2, 0) is 16.1 Å². The number of carbonyl (C=O) groups excluding carboxylic acids is 4. The van der Waals surface area contributed by atoms with Gasteiger partial charge in [0.25, 0.3) is 11.8 Å². The Kier molecular flexibility index (Phi) is 9.51. The summed E-state index contributed by atoms with van der Waals surface area (Å²) < 4.78 is 0. The lowest BCUT2D eigenvalue weighted by Crippen LogP contribution is -2.49. The molecule has 1 aliphatic rings. The second kappa shape index (κ2) is 12.4. The van der Waals surface area contributed by atoms with Crippen molar-refractivity contribution in [2.24, 2.45) is 5.92 Å². The van der Waals surface area contributed by atoms with E-state index in [-0.39, 0.29) is 55.5 Å². The summed E-state index contributed by atoms with van der Waals surface area (Å²) in [5.74, 6) is -0.935. The Morgan fingerprint density at radius 3 is 2.22 bits per heavy atom. The molecule has 1 heterocycles. The van der Waals surface area contributed by atoms with Gasteiger partial charge in [-0.2, -0.15) is 0 Å². The highest BCUT2D eigenvalue weighted by atomic mass is 35.5. The van der Waals surface area contributed by atoms with Crippen molar-refractivity contribution >= 4 is 46.8 Å². The summed E-state index contributed by atoms with van der Waals surface area (Å²) in [6.45, 7) is 6.59. The van der Waals surface area contributed by atoms with Gasteiger partial charge in [0.2, 0.25) is 11.8 Å². The van der Waals surface area contributed by atoms with Gasteiger partial charge in [-0.1, -0.05) is 62.2 Å². The molecule has 1 atom stereocenters. The van der Waals surface area contributed by atoms with E-state index in [1.807, 2.05) is 20.8 Å². The zero-order chi connectivity index (χ0) is 26.4. The van der Waals surface area contributed by atoms with Crippen molar-refractivity contribution in [3.63, 3.8) is 0 Å². The van der Waals surface area contributed by atoms with Crippen molar-refractivity contribution in [3.05, 3.63) is 69.2 Å². The summed E-state index contributed by atoms with van der Waals surface area (Å²) in [6.07, 6.45) is 0.755. The van der Waals surface area contributed by atoms with Gasteiger partial charge in [0, 0.05) is 36.1 Å². The standard InChI is InChI=1S/C27H31Cl2N3O4/c1-4-23(25(34)30-15-17(2)3)32(16-18-11-12-19(28)14-22(18)29)24(33)10-7-13-31-26(35)20-8-5-6-9-21(20)27(31)36/h5-6,8-9,11-12,14,17,23H,4,7,10,13,15-16H2,1-3H3,(H,30,34). The maximum atomic E-state index is 13.4. The monoisotopic (exact) mass is 531 g/mol. The van der Waals surface area contributed by atoms with E-state index in [4.69, 9.17) is 23.2 Å². The lowest BCUT2D eigenvalue weighted by molar-refractivity contribution is -0.141. The molecule has 3 rings (SSSR count). The SMILES string of the molecule is CCC(C(=O)NCC(C)C)N(Cc1ccc(Cl)cc1Cl)C(=O)CCCN1C(=O)c2ccccc2C1=O. The normalized spacial score (nSPS) is 13.7. The van der Waals surface area contributed by atoms with Crippen molar-refractivity contribution < 1.29 is 19.2 Å². The number of carbonyl (C=O) groups is 4. The number of nitrogens with one attached hydrogen (secondary N) is 1. The van der Waals surface area contributed by atoms with E-state index in [0.29, 0.717) is 39.7 Å². The smallest absolute Gasteiger partial charge is 0.261 e. The second-order valence-electron chi connectivity index (χ2n) is 9.23. The van der Waals surface area contributed by atoms with Gasteiger partial charge >= 0.3 is 0 Å². The highest BCUT2D eigenvalue weighted by molar-refractivity contribution is 6.35. The number of halogens is 2. The first kappa shape index (κ1) is 27.7. The van der Waals surface area contributed by atoms with Crippen LogP contribution in [0.3, 0.4) is 0 Å². The first-order valence-electron chi connectivity index (χ1n) is 12.1. The van der Waals surface area contributed by atoms with Crippen LogP contribution >= 0.6 is 23.2 Å². The van der Waals surface area contributed by atoms with Crippen LogP contribution in [0.4, 0.5) is 0 Å². The highest BCUT2D eigenvalue weighted by Crippen LogP contribution is 2.25. The van der Waals surface area contributed by atoms with E-state index in [9.17, 15) is 19.2 Å². The Bertz CT molecular complexity index is 1120. The van der Waals surface area contributed by atoms with Gasteiger partial charge in [0.15, 0.2) is 0 Å².